The molecular weight excluding hydrogens is 505 g/mol. The maximum atomic E-state index is 13.3. The number of carbonyl (C=O) groups excluding carboxylic acids is 2. The summed E-state index contributed by atoms with van der Waals surface area (Å²) in [6.07, 6.45) is -0.671. The highest BCUT2D eigenvalue weighted by Crippen LogP contribution is 2.33. The number of ether oxygens (including phenoxy) is 1. The van der Waals surface area contributed by atoms with Gasteiger partial charge in [0.1, 0.15) is 29.8 Å². The van der Waals surface area contributed by atoms with Crippen LogP contribution >= 0.6 is 0 Å². The van der Waals surface area contributed by atoms with Gasteiger partial charge in [-0.1, -0.05) is 6.07 Å². The van der Waals surface area contributed by atoms with Crippen LogP contribution in [0.15, 0.2) is 67.4 Å². The van der Waals surface area contributed by atoms with E-state index in [0.717, 1.165) is 12.1 Å². The highest BCUT2D eigenvalue weighted by molar-refractivity contribution is 5.93. The second kappa shape index (κ2) is 10.9. The van der Waals surface area contributed by atoms with E-state index in [1.165, 1.54) is 42.7 Å². The predicted octanol–water partition coefficient (Wildman–Crippen LogP) is 4.29. The van der Waals surface area contributed by atoms with Gasteiger partial charge >= 0.3 is 12.2 Å². The number of pyridine rings is 1. The third kappa shape index (κ3) is 5.98. The van der Waals surface area contributed by atoms with Crippen molar-refractivity contribution in [3.05, 3.63) is 84.2 Å². The molecular formula is C24H21F3N8O3. The molecule has 4 rings (SSSR count). The molecule has 14 heteroatoms. The Bertz CT molecular complexity index is 1460. The van der Waals surface area contributed by atoms with Crippen LogP contribution in [0.1, 0.15) is 21.6 Å². The molecule has 196 valence electrons. The topological polar surface area (TPSA) is 135 Å². The van der Waals surface area contributed by atoms with Gasteiger partial charge in [0.2, 0.25) is 0 Å². The number of anilines is 2. The molecule has 3 amide bonds. The van der Waals surface area contributed by atoms with Crippen molar-refractivity contribution in [3.8, 4) is 17.2 Å². The molecule has 0 unspecified atom stereocenters. The van der Waals surface area contributed by atoms with Gasteiger partial charge in [-0.15, -0.1) is 0 Å². The van der Waals surface area contributed by atoms with Gasteiger partial charge in [-0.25, -0.2) is 14.5 Å². The first kappa shape index (κ1) is 25.9. The molecule has 4 N–H and O–H groups in total. The van der Waals surface area contributed by atoms with Crippen molar-refractivity contribution in [2.45, 2.75) is 13.1 Å². The summed E-state index contributed by atoms with van der Waals surface area (Å²) in [5, 5.41) is 8.80. The second-order valence-electron chi connectivity index (χ2n) is 7.76. The molecule has 2 heterocycles. The molecule has 11 nitrogen and oxygen atoms in total. The summed E-state index contributed by atoms with van der Waals surface area (Å²) >= 11 is 0. The van der Waals surface area contributed by atoms with E-state index in [0.29, 0.717) is 22.7 Å². The van der Waals surface area contributed by atoms with E-state index >= 15 is 0 Å². The first-order valence-electron chi connectivity index (χ1n) is 11.0. The number of amides is 3. The molecule has 2 aromatic carbocycles. The monoisotopic (exact) mass is 526 g/mol. The Balaban J connectivity index is 1.48. The van der Waals surface area contributed by atoms with Crippen molar-refractivity contribution < 1.29 is 27.5 Å². The quantitative estimate of drug-likeness (QED) is 0.264. The van der Waals surface area contributed by atoms with Crippen LogP contribution in [-0.4, -0.2) is 38.7 Å². The normalized spacial score (nSPS) is 11.0. The highest BCUT2D eigenvalue weighted by atomic mass is 19.4. The second-order valence-corrected chi connectivity index (χ2v) is 7.76. The minimum absolute atomic E-state index is 0.136. The van der Waals surface area contributed by atoms with Crippen LogP contribution in [-0.2, 0) is 6.18 Å². The van der Waals surface area contributed by atoms with Crippen molar-refractivity contribution in [3.63, 3.8) is 0 Å². The van der Waals surface area contributed by atoms with Gasteiger partial charge < -0.3 is 15.4 Å². The Morgan fingerprint density at radius 2 is 1.87 bits per heavy atom. The van der Waals surface area contributed by atoms with Gasteiger partial charge in [0.05, 0.1) is 22.6 Å². The zero-order valence-corrected chi connectivity index (χ0v) is 20.0. The van der Waals surface area contributed by atoms with E-state index in [1.54, 1.807) is 31.2 Å². The Kier molecular flexibility index (Phi) is 7.41. The van der Waals surface area contributed by atoms with Gasteiger partial charge in [-0.05, 0) is 43.3 Å². The summed E-state index contributed by atoms with van der Waals surface area (Å²) in [5.41, 5.74) is 5.46. The summed E-state index contributed by atoms with van der Waals surface area (Å²) in [7, 11) is 1.49. The fourth-order valence-electron chi connectivity index (χ4n) is 3.34. The fraction of sp³-hybridized carbons (Fsp3) is 0.125. The molecule has 0 fully saturated rings. The molecule has 0 saturated heterocycles. The average molecular weight is 526 g/mol. The molecule has 2 aromatic heterocycles. The Morgan fingerprint density at radius 3 is 2.58 bits per heavy atom. The van der Waals surface area contributed by atoms with Gasteiger partial charge in [-0.2, -0.15) is 18.3 Å². The summed E-state index contributed by atoms with van der Waals surface area (Å²) in [4.78, 5) is 32.2. The third-order valence-corrected chi connectivity index (χ3v) is 5.25. The number of alkyl halides is 3. The van der Waals surface area contributed by atoms with E-state index in [-0.39, 0.29) is 23.0 Å². The minimum Gasteiger partial charge on any atom is -0.457 e. The lowest BCUT2D eigenvalue weighted by atomic mass is 10.1. The number of aromatic nitrogens is 4. The van der Waals surface area contributed by atoms with Crippen LogP contribution in [0, 0.1) is 6.92 Å². The molecule has 0 saturated carbocycles. The summed E-state index contributed by atoms with van der Waals surface area (Å²) in [6, 6.07) is 10.1. The molecule has 0 aliphatic carbocycles. The van der Waals surface area contributed by atoms with Gasteiger partial charge in [0.25, 0.3) is 5.91 Å². The number of carbonyl (C=O) groups is 2. The average Bonchev–Trinajstić information content (AvgIpc) is 3.43. The van der Waals surface area contributed by atoms with E-state index in [1.807, 2.05) is 0 Å². The number of nitrogens with zero attached hydrogens (tertiary/aromatic N) is 4. The number of hydrazine groups is 1. The fourth-order valence-corrected chi connectivity index (χ4v) is 3.34. The number of hydrogen-bond donors (Lipinski definition) is 4. The molecule has 38 heavy (non-hydrogen) atoms. The van der Waals surface area contributed by atoms with Crippen molar-refractivity contribution in [2.75, 3.05) is 17.8 Å². The van der Waals surface area contributed by atoms with Crippen molar-refractivity contribution in [1.82, 2.24) is 30.5 Å². The number of urea groups is 1. The van der Waals surface area contributed by atoms with Crippen LogP contribution in [0.25, 0.3) is 5.69 Å². The van der Waals surface area contributed by atoms with E-state index in [2.05, 4.69) is 36.6 Å². The number of rotatable bonds is 7. The number of nitrogens with one attached hydrogen (secondary N) is 4. The third-order valence-electron chi connectivity index (χ3n) is 5.25. The smallest absolute Gasteiger partial charge is 0.416 e. The lowest BCUT2D eigenvalue weighted by molar-refractivity contribution is -0.137. The van der Waals surface area contributed by atoms with Crippen LogP contribution in [0.5, 0.6) is 11.5 Å². The van der Waals surface area contributed by atoms with Crippen LogP contribution < -0.4 is 26.2 Å². The molecule has 4 aromatic rings. The number of benzene rings is 2. The maximum absolute atomic E-state index is 13.3. The molecule has 0 radical (unpaired) electrons. The Hall–Kier alpha value is -5.14. The van der Waals surface area contributed by atoms with Crippen LogP contribution in [0.2, 0.25) is 0 Å². The van der Waals surface area contributed by atoms with E-state index in [9.17, 15) is 22.8 Å². The van der Waals surface area contributed by atoms with E-state index in [4.69, 9.17) is 4.74 Å². The Morgan fingerprint density at radius 1 is 1.05 bits per heavy atom. The van der Waals surface area contributed by atoms with Crippen molar-refractivity contribution >= 4 is 23.3 Å². The molecule has 0 aliphatic heterocycles. The molecule has 0 bridgehead atoms. The summed E-state index contributed by atoms with van der Waals surface area (Å²) in [5.74, 6) is 0.429. The van der Waals surface area contributed by atoms with Crippen molar-refractivity contribution in [1.29, 1.82) is 0 Å². The highest BCUT2D eigenvalue weighted by Gasteiger charge is 2.31. The van der Waals surface area contributed by atoms with Gasteiger partial charge in [0.15, 0.2) is 0 Å². The van der Waals surface area contributed by atoms with Crippen molar-refractivity contribution in [2.24, 2.45) is 0 Å². The largest absolute Gasteiger partial charge is 0.457 e. The van der Waals surface area contributed by atoms with Gasteiger partial charge in [0, 0.05) is 24.9 Å². The van der Waals surface area contributed by atoms with E-state index < -0.39 is 17.8 Å². The zero-order valence-electron chi connectivity index (χ0n) is 20.0. The predicted molar refractivity (Wildman–Crippen MR) is 131 cm³/mol. The van der Waals surface area contributed by atoms with Crippen LogP contribution in [0.3, 0.4) is 0 Å². The molecule has 0 atom stereocenters. The summed E-state index contributed by atoms with van der Waals surface area (Å²) in [6.45, 7) is 1.73. The number of hydrogen-bond acceptors (Lipinski definition) is 7. The lowest BCUT2D eigenvalue weighted by Gasteiger charge is -2.17. The standard InChI is InChI=1S/C24H21F3N8O3/c1-14-17(4-3-5-21(14)38-16-8-9-30-19(11-16)22(36)28-2)33-34-23(37)32-18-10-15(24(25,26)27)6-7-20(18)35-13-29-12-31-35/h3-13,33H,1-2H3,(H,28,36)(H2,32,34,37). The molecule has 0 aliphatic rings. The van der Waals surface area contributed by atoms with Crippen LogP contribution in [0.4, 0.5) is 29.3 Å². The SMILES string of the molecule is CNC(=O)c1cc(Oc2cccc(NNC(=O)Nc3cc(C(F)(F)F)ccc3-n3cncn3)c2C)ccn1. The Labute approximate surface area is 214 Å². The first-order valence-corrected chi connectivity index (χ1v) is 11.0. The first-order chi connectivity index (χ1) is 18.2. The number of halogens is 3. The minimum atomic E-state index is -4.61. The lowest BCUT2D eigenvalue weighted by Crippen LogP contribution is -2.34. The maximum Gasteiger partial charge on any atom is 0.416 e. The summed E-state index contributed by atoms with van der Waals surface area (Å²) < 4.78 is 46.9. The molecule has 0 spiro atoms. The van der Waals surface area contributed by atoms with Gasteiger partial charge in [-0.3, -0.25) is 20.6 Å². The zero-order chi connectivity index (χ0) is 27.3.